The zero-order valence-electron chi connectivity index (χ0n) is 12.2. The van der Waals surface area contributed by atoms with Gasteiger partial charge in [-0.15, -0.1) is 0 Å². The lowest BCUT2D eigenvalue weighted by molar-refractivity contribution is 0.0958. The number of aromatic nitrogens is 2. The largest absolute Gasteiger partial charge is 0.306 e. The molecule has 0 aliphatic rings. The van der Waals surface area contributed by atoms with Crippen LogP contribution >= 0.6 is 0 Å². The molecular formula is C16H15FN4O. The third-order valence-corrected chi connectivity index (χ3v) is 3.34. The van der Waals surface area contributed by atoms with Gasteiger partial charge in [0.15, 0.2) is 0 Å². The molecule has 0 saturated heterocycles. The van der Waals surface area contributed by atoms with Crippen molar-refractivity contribution >= 4 is 17.2 Å². The topological polar surface area (TPSA) is 58.4 Å². The van der Waals surface area contributed by atoms with Crippen molar-refractivity contribution in [3.05, 3.63) is 65.4 Å². The first-order chi connectivity index (χ1) is 10.5. The maximum atomic E-state index is 13.2. The summed E-state index contributed by atoms with van der Waals surface area (Å²) in [7, 11) is 0. The first kappa shape index (κ1) is 14.1. The minimum Gasteiger partial charge on any atom is -0.306 e. The van der Waals surface area contributed by atoms with Crippen molar-refractivity contribution in [1.29, 1.82) is 0 Å². The molecule has 22 heavy (non-hydrogen) atoms. The summed E-state index contributed by atoms with van der Waals surface area (Å²) in [6.45, 7) is 3.79. The Morgan fingerprint density at radius 1 is 1.18 bits per heavy atom. The molecule has 3 rings (SSSR count). The molecule has 0 fully saturated rings. The SMILES string of the molecule is Cc1ccc2nc(C(=O)NNc3cc(F)ccc3C)cn2c1. The third-order valence-electron chi connectivity index (χ3n) is 3.34. The highest BCUT2D eigenvalue weighted by atomic mass is 19.1. The second-order valence-corrected chi connectivity index (χ2v) is 5.14. The second kappa shape index (κ2) is 5.48. The van der Waals surface area contributed by atoms with Gasteiger partial charge in [0.25, 0.3) is 5.91 Å². The fourth-order valence-electron chi connectivity index (χ4n) is 2.13. The molecule has 2 heterocycles. The lowest BCUT2D eigenvalue weighted by atomic mass is 10.2. The predicted octanol–water partition coefficient (Wildman–Crippen LogP) is 2.85. The van der Waals surface area contributed by atoms with Gasteiger partial charge in [0.2, 0.25) is 0 Å². The quantitative estimate of drug-likeness (QED) is 0.731. The molecule has 0 unspecified atom stereocenters. The van der Waals surface area contributed by atoms with Gasteiger partial charge in [0.05, 0.1) is 5.69 Å². The van der Waals surface area contributed by atoms with Crippen LogP contribution in [0.2, 0.25) is 0 Å². The van der Waals surface area contributed by atoms with Gasteiger partial charge in [-0.1, -0.05) is 12.1 Å². The molecule has 5 nitrogen and oxygen atoms in total. The molecule has 3 aromatic rings. The van der Waals surface area contributed by atoms with Crippen LogP contribution in [0.5, 0.6) is 0 Å². The number of carbonyl (C=O) groups excluding carboxylic acids is 1. The van der Waals surface area contributed by atoms with Crippen LogP contribution in [0.1, 0.15) is 21.6 Å². The van der Waals surface area contributed by atoms with E-state index in [1.165, 1.54) is 12.1 Å². The van der Waals surface area contributed by atoms with Gasteiger partial charge in [-0.3, -0.25) is 15.6 Å². The van der Waals surface area contributed by atoms with Crippen molar-refractivity contribution in [2.24, 2.45) is 0 Å². The first-order valence-electron chi connectivity index (χ1n) is 6.81. The Bertz CT molecular complexity index is 856. The van der Waals surface area contributed by atoms with Crippen molar-refractivity contribution in [3.8, 4) is 0 Å². The van der Waals surface area contributed by atoms with Gasteiger partial charge in [0.1, 0.15) is 17.2 Å². The summed E-state index contributed by atoms with van der Waals surface area (Å²) in [4.78, 5) is 16.4. The molecular weight excluding hydrogens is 283 g/mol. The van der Waals surface area contributed by atoms with Crippen LogP contribution in [0.3, 0.4) is 0 Å². The number of fused-ring (bicyclic) bond motifs is 1. The average Bonchev–Trinajstić information content (AvgIpc) is 2.91. The van der Waals surface area contributed by atoms with E-state index in [0.29, 0.717) is 11.3 Å². The Hall–Kier alpha value is -2.89. The van der Waals surface area contributed by atoms with Gasteiger partial charge >= 0.3 is 0 Å². The fourth-order valence-corrected chi connectivity index (χ4v) is 2.13. The van der Waals surface area contributed by atoms with E-state index in [0.717, 1.165) is 11.1 Å². The summed E-state index contributed by atoms with van der Waals surface area (Å²) in [6.07, 6.45) is 3.54. The number of nitrogens with zero attached hydrogens (tertiary/aromatic N) is 2. The number of hydrazine groups is 1. The van der Waals surface area contributed by atoms with Gasteiger partial charge in [-0.05, 0) is 43.2 Å². The van der Waals surface area contributed by atoms with Crippen molar-refractivity contribution < 1.29 is 9.18 Å². The summed E-state index contributed by atoms with van der Waals surface area (Å²) in [6, 6.07) is 8.10. The Labute approximate surface area is 126 Å². The number of halogens is 1. The number of benzene rings is 1. The standard InChI is InChI=1S/C16H15FN4O/c1-10-3-6-15-18-14(9-21(15)8-10)16(22)20-19-13-7-12(17)5-4-11(13)2/h3-9,19H,1-2H3,(H,20,22). The third kappa shape index (κ3) is 2.76. The highest BCUT2D eigenvalue weighted by Crippen LogP contribution is 2.15. The lowest BCUT2D eigenvalue weighted by Crippen LogP contribution is -2.30. The van der Waals surface area contributed by atoms with Crippen LogP contribution in [-0.4, -0.2) is 15.3 Å². The predicted molar refractivity (Wildman–Crippen MR) is 82.2 cm³/mol. The number of hydrogen-bond acceptors (Lipinski definition) is 3. The summed E-state index contributed by atoms with van der Waals surface area (Å²) >= 11 is 0. The van der Waals surface area contributed by atoms with E-state index >= 15 is 0 Å². The van der Waals surface area contributed by atoms with Crippen LogP contribution < -0.4 is 10.9 Å². The van der Waals surface area contributed by atoms with Crippen LogP contribution in [0.25, 0.3) is 5.65 Å². The number of pyridine rings is 1. The number of rotatable bonds is 3. The fraction of sp³-hybridized carbons (Fsp3) is 0.125. The molecule has 1 aromatic carbocycles. The molecule has 0 aliphatic carbocycles. The maximum absolute atomic E-state index is 13.2. The van der Waals surface area contributed by atoms with Crippen LogP contribution in [0.4, 0.5) is 10.1 Å². The van der Waals surface area contributed by atoms with Gasteiger partial charge < -0.3 is 4.40 Å². The lowest BCUT2D eigenvalue weighted by Gasteiger charge is -2.09. The second-order valence-electron chi connectivity index (χ2n) is 5.14. The van der Waals surface area contributed by atoms with E-state index in [4.69, 9.17) is 0 Å². The van der Waals surface area contributed by atoms with Crippen molar-refractivity contribution in [3.63, 3.8) is 0 Å². The zero-order chi connectivity index (χ0) is 15.7. The van der Waals surface area contributed by atoms with Gasteiger partial charge in [0, 0.05) is 12.4 Å². The first-order valence-corrected chi connectivity index (χ1v) is 6.81. The Kier molecular flexibility index (Phi) is 3.50. The molecule has 6 heteroatoms. The number of anilines is 1. The number of imidazole rings is 1. The molecule has 0 atom stereocenters. The maximum Gasteiger partial charge on any atom is 0.289 e. The molecule has 2 N–H and O–H groups in total. The number of aryl methyl sites for hydroxylation is 2. The van der Waals surface area contributed by atoms with E-state index < -0.39 is 0 Å². The number of carbonyl (C=O) groups is 1. The molecule has 0 saturated carbocycles. The summed E-state index contributed by atoms with van der Waals surface area (Å²) in [5.41, 5.74) is 8.63. The number of hydrogen-bond donors (Lipinski definition) is 2. The van der Waals surface area contributed by atoms with Crippen molar-refractivity contribution in [2.75, 3.05) is 5.43 Å². The highest BCUT2D eigenvalue weighted by Gasteiger charge is 2.11. The Morgan fingerprint density at radius 3 is 2.82 bits per heavy atom. The minimum atomic E-state index is -0.384. The van der Waals surface area contributed by atoms with Gasteiger partial charge in [-0.2, -0.15) is 0 Å². The van der Waals surface area contributed by atoms with Crippen molar-refractivity contribution in [2.45, 2.75) is 13.8 Å². The number of nitrogens with one attached hydrogen (secondary N) is 2. The summed E-state index contributed by atoms with van der Waals surface area (Å²) < 4.78 is 15.0. The van der Waals surface area contributed by atoms with Crippen LogP contribution in [0.15, 0.2) is 42.7 Å². The molecule has 0 spiro atoms. The average molecular weight is 298 g/mol. The van der Waals surface area contributed by atoms with E-state index in [1.54, 1.807) is 16.7 Å². The van der Waals surface area contributed by atoms with E-state index in [2.05, 4.69) is 15.8 Å². The van der Waals surface area contributed by atoms with E-state index in [-0.39, 0.29) is 17.4 Å². The van der Waals surface area contributed by atoms with E-state index in [9.17, 15) is 9.18 Å². The Morgan fingerprint density at radius 2 is 2.00 bits per heavy atom. The summed E-state index contributed by atoms with van der Waals surface area (Å²) in [5, 5.41) is 0. The molecule has 0 aliphatic heterocycles. The monoisotopic (exact) mass is 298 g/mol. The Balaban J connectivity index is 1.77. The van der Waals surface area contributed by atoms with Gasteiger partial charge in [-0.25, -0.2) is 9.37 Å². The van der Waals surface area contributed by atoms with E-state index in [1.807, 2.05) is 32.2 Å². The van der Waals surface area contributed by atoms with Crippen molar-refractivity contribution in [1.82, 2.24) is 14.8 Å². The van der Waals surface area contributed by atoms with Crippen LogP contribution in [0, 0.1) is 19.7 Å². The minimum absolute atomic E-state index is 0.284. The summed E-state index contributed by atoms with van der Waals surface area (Å²) in [5.74, 6) is -0.754. The highest BCUT2D eigenvalue weighted by molar-refractivity contribution is 5.93. The molecule has 0 bridgehead atoms. The smallest absolute Gasteiger partial charge is 0.289 e. The normalized spacial score (nSPS) is 10.7. The van der Waals surface area contributed by atoms with Crippen LogP contribution in [-0.2, 0) is 0 Å². The molecule has 0 radical (unpaired) electrons. The molecule has 112 valence electrons. The molecule has 1 amide bonds. The zero-order valence-corrected chi connectivity index (χ0v) is 12.2. The molecule has 2 aromatic heterocycles. The number of amides is 1.